The molecule has 0 spiro atoms. The van der Waals surface area contributed by atoms with Gasteiger partial charge in [-0.25, -0.2) is 4.90 Å². The van der Waals surface area contributed by atoms with E-state index < -0.39 is 29.4 Å². The molecule has 1 N–H and O–H groups in total. The molecule has 2 fully saturated rings. The van der Waals surface area contributed by atoms with Gasteiger partial charge in [0.15, 0.2) is 6.61 Å². The van der Waals surface area contributed by atoms with E-state index in [9.17, 15) is 14.4 Å². The Balaban J connectivity index is 1.27. The van der Waals surface area contributed by atoms with Gasteiger partial charge in [0.05, 0.1) is 35.2 Å². The number of carbonyl (C=O) groups excluding carboxylic acids is 3. The van der Waals surface area contributed by atoms with Crippen molar-refractivity contribution in [1.29, 1.82) is 0 Å². The van der Waals surface area contributed by atoms with Crippen LogP contribution in [-0.2, 0) is 19.1 Å². The highest BCUT2D eigenvalue weighted by atomic mass is 35.5. The van der Waals surface area contributed by atoms with Crippen molar-refractivity contribution in [1.82, 2.24) is 5.32 Å². The summed E-state index contributed by atoms with van der Waals surface area (Å²) in [7, 11) is 0. The van der Waals surface area contributed by atoms with E-state index in [2.05, 4.69) is 5.32 Å². The largest absolute Gasteiger partial charge is 0.482 e. The van der Waals surface area contributed by atoms with Gasteiger partial charge in [0.2, 0.25) is 11.8 Å². The van der Waals surface area contributed by atoms with Gasteiger partial charge in [0.25, 0.3) is 5.91 Å². The quantitative estimate of drug-likeness (QED) is 0.477. The van der Waals surface area contributed by atoms with Crippen molar-refractivity contribution in [3.05, 3.63) is 69.7 Å². The topological polar surface area (TPSA) is 84.9 Å². The molecule has 0 aliphatic carbocycles. The van der Waals surface area contributed by atoms with Gasteiger partial charge in [-0.05, 0) is 42.5 Å². The first kappa shape index (κ1) is 22.2. The van der Waals surface area contributed by atoms with Crippen LogP contribution in [0, 0.1) is 11.8 Å². The van der Waals surface area contributed by atoms with Gasteiger partial charge in [-0.1, -0.05) is 47.0 Å². The maximum absolute atomic E-state index is 13.3. The molecule has 2 bridgehead atoms. The third-order valence-corrected chi connectivity index (χ3v) is 6.84. The molecule has 2 aromatic carbocycles. The van der Waals surface area contributed by atoms with E-state index in [-0.39, 0.29) is 30.0 Å². The summed E-state index contributed by atoms with van der Waals surface area (Å²) in [6, 6.07) is 11.2. The Labute approximate surface area is 204 Å². The molecule has 7 nitrogen and oxygen atoms in total. The van der Waals surface area contributed by atoms with Crippen LogP contribution in [0.3, 0.4) is 0 Å². The van der Waals surface area contributed by atoms with Crippen molar-refractivity contribution in [2.75, 3.05) is 18.1 Å². The molecule has 0 saturated carbocycles. The molecule has 3 heterocycles. The monoisotopic (exact) mass is 506 g/mol. The minimum Gasteiger partial charge on any atom is -0.482 e. The van der Waals surface area contributed by atoms with E-state index in [1.54, 1.807) is 48.6 Å². The second kappa shape index (κ2) is 8.33. The van der Waals surface area contributed by atoms with Crippen molar-refractivity contribution < 1.29 is 23.9 Å². The summed E-state index contributed by atoms with van der Waals surface area (Å²) in [4.78, 5) is 40.0. The lowest BCUT2D eigenvalue weighted by Gasteiger charge is -2.29. The highest BCUT2D eigenvalue weighted by molar-refractivity contribution is 6.35. The van der Waals surface area contributed by atoms with Crippen LogP contribution in [0.4, 0.5) is 5.69 Å². The molecule has 5 rings (SSSR count). The predicted octanol–water partition coefficient (Wildman–Crippen LogP) is 3.66. The number of benzene rings is 2. The van der Waals surface area contributed by atoms with E-state index in [4.69, 9.17) is 44.3 Å². The summed E-state index contributed by atoms with van der Waals surface area (Å²) in [6.45, 7) is -0.270. The van der Waals surface area contributed by atoms with Gasteiger partial charge in [0, 0.05) is 10.0 Å². The lowest BCUT2D eigenvalue weighted by atomic mass is 9.77. The van der Waals surface area contributed by atoms with Crippen LogP contribution in [0.5, 0.6) is 5.75 Å². The zero-order valence-corrected chi connectivity index (χ0v) is 19.2. The van der Waals surface area contributed by atoms with Gasteiger partial charge < -0.3 is 14.8 Å². The molecule has 4 atom stereocenters. The van der Waals surface area contributed by atoms with Crippen LogP contribution < -0.4 is 15.0 Å². The fourth-order valence-electron chi connectivity index (χ4n) is 4.57. The van der Waals surface area contributed by atoms with Crippen LogP contribution in [0.15, 0.2) is 54.6 Å². The minimum absolute atomic E-state index is 0.0190. The van der Waals surface area contributed by atoms with E-state index in [0.29, 0.717) is 21.5 Å². The first-order chi connectivity index (χ1) is 15.8. The summed E-state index contributed by atoms with van der Waals surface area (Å²) in [5.41, 5.74) is -0.646. The number of nitrogens with one attached hydrogen (secondary N) is 1. The van der Waals surface area contributed by atoms with E-state index in [0.717, 1.165) is 0 Å². The number of ether oxygens (including phenoxy) is 2. The molecule has 2 aromatic rings. The SMILES string of the molecule is O=C(COc1ccc(Cl)cc1Cl)NC[C@@]12C=C[C@@H](O1)[C@H]1C(=O)N(c3ccc(Cl)cc3)C(=O)[C@@H]12. The number of imide groups is 1. The van der Waals surface area contributed by atoms with Crippen LogP contribution in [0.2, 0.25) is 15.1 Å². The number of halogens is 3. The molecule has 0 radical (unpaired) electrons. The van der Waals surface area contributed by atoms with Gasteiger partial charge in [0.1, 0.15) is 11.4 Å². The van der Waals surface area contributed by atoms with Crippen molar-refractivity contribution in [3.63, 3.8) is 0 Å². The number of fused-ring (bicyclic) bond motifs is 5. The van der Waals surface area contributed by atoms with Crippen molar-refractivity contribution >= 4 is 58.2 Å². The van der Waals surface area contributed by atoms with E-state index in [1.165, 1.54) is 11.0 Å². The number of anilines is 1. The highest BCUT2D eigenvalue weighted by Crippen LogP contribution is 2.52. The molecule has 170 valence electrons. The number of hydrogen-bond donors (Lipinski definition) is 1. The standard InChI is InChI=1S/C23H17Cl3N2O5/c24-12-1-4-14(5-2-12)28-21(30)19-17-7-8-23(33-17,20(19)22(28)31)11-27-18(29)10-32-16-6-3-13(25)9-15(16)26/h1-9,17,19-20H,10-11H2,(H,27,29)/t17-,19-,20-,23-/m1/s1. The smallest absolute Gasteiger partial charge is 0.258 e. The Morgan fingerprint density at radius 1 is 1.06 bits per heavy atom. The number of nitrogens with zero attached hydrogens (tertiary/aromatic N) is 1. The van der Waals surface area contributed by atoms with Crippen LogP contribution in [0.1, 0.15) is 0 Å². The lowest BCUT2D eigenvalue weighted by molar-refractivity contribution is -0.129. The molecule has 33 heavy (non-hydrogen) atoms. The molecule has 3 aliphatic rings. The number of hydrogen-bond acceptors (Lipinski definition) is 5. The lowest BCUT2D eigenvalue weighted by Crippen LogP contribution is -2.49. The molecule has 3 amide bonds. The van der Waals surface area contributed by atoms with Gasteiger partial charge in [-0.2, -0.15) is 0 Å². The van der Waals surface area contributed by atoms with Crippen molar-refractivity contribution in [2.24, 2.45) is 11.8 Å². The van der Waals surface area contributed by atoms with Crippen LogP contribution in [-0.4, -0.2) is 42.6 Å². The average molecular weight is 508 g/mol. The molecule has 0 aromatic heterocycles. The average Bonchev–Trinajstić information content (AvgIpc) is 3.43. The minimum atomic E-state index is -1.10. The van der Waals surface area contributed by atoms with E-state index >= 15 is 0 Å². The number of carbonyl (C=O) groups is 3. The first-order valence-electron chi connectivity index (χ1n) is 10.1. The molecular formula is C23H17Cl3N2O5. The molecule has 0 unspecified atom stereocenters. The molecule has 2 saturated heterocycles. The Hall–Kier alpha value is -2.58. The Morgan fingerprint density at radius 3 is 2.52 bits per heavy atom. The predicted molar refractivity (Wildman–Crippen MR) is 123 cm³/mol. The fourth-order valence-corrected chi connectivity index (χ4v) is 5.16. The highest BCUT2D eigenvalue weighted by Gasteiger charge is 2.67. The fraction of sp³-hybridized carbons (Fsp3) is 0.261. The second-order valence-electron chi connectivity index (χ2n) is 8.03. The summed E-state index contributed by atoms with van der Waals surface area (Å²) in [6.07, 6.45) is 3.00. The van der Waals surface area contributed by atoms with Gasteiger partial charge in [-0.15, -0.1) is 0 Å². The zero-order valence-electron chi connectivity index (χ0n) is 17.0. The van der Waals surface area contributed by atoms with Crippen LogP contribution in [0.25, 0.3) is 0 Å². The number of amides is 3. The zero-order chi connectivity index (χ0) is 23.3. The first-order valence-corrected chi connectivity index (χ1v) is 11.3. The van der Waals surface area contributed by atoms with Crippen molar-refractivity contribution in [3.8, 4) is 5.75 Å². The normalized spacial score (nSPS) is 27.2. The summed E-state index contributed by atoms with van der Waals surface area (Å²) < 4.78 is 11.5. The van der Waals surface area contributed by atoms with E-state index in [1.807, 2.05) is 0 Å². The summed E-state index contributed by atoms with van der Waals surface area (Å²) >= 11 is 17.8. The third kappa shape index (κ3) is 3.79. The summed E-state index contributed by atoms with van der Waals surface area (Å²) in [5, 5.41) is 3.99. The molecular weight excluding hydrogens is 491 g/mol. The Bertz CT molecular complexity index is 1190. The van der Waals surface area contributed by atoms with Gasteiger partial charge >= 0.3 is 0 Å². The summed E-state index contributed by atoms with van der Waals surface area (Å²) in [5.74, 6) is -2.16. The maximum Gasteiger partial charge on any atom is 0.258 e. The number of rotatable bonds is 6. The third-order valence-electron chi connectivity index (χ3n) is 6.05. The molecule has 3 aliphatic heterocycles. The second-order valence-corrected chi connectivity index (χ2v) is 9.31. The maximum atomic E-state index is 13.3. The Kier molecular flexibility index (Phi) is 5.61. The van der Waals surface area contributed by atoms with Crippen molar-refractivity contribution in [2.45, 2.75) is 11.7 Å². The Morgan fingerprint density at radius 2 is 1.79 bits per heavy atom. The van der Waals surface area contributed by atoms with Crippen LogP contribution >= 0.6 is 34.8 Å². The molecule has 10 heteroatoms. The van der Waals surface area contributed by atoms with Gasteiger partial charge in [-0.3, -0.25) is 14.4 Å².